The number of nitrogens with zero attached hydrogens (tertiary/aromatic N) is 3. The molecule has 0 unspecified atom stereocenters. The van der Waals surface area contributed by atoms with Gasteiger partial charge in [-0.3, -0.25) is 0 Å². The minimum absolute atomic E-state index is 0.0745. The maximum atomic E-state index is 13.0. The Kier molecular flexibility index (Phi) is 6.66. The van der Waals surface area contributed by atoms with Crippen molar-refractivity contribution in [3.05, 3.63) is 29.4 Å². The van der Waals surface area contributed by atoms with E-state index in [-0.39, 0.29) is 26.4 Å². The molecule has 0 atom stereocenters. The lowest BCUT2D eigenvalue weighted by Crippen LogP contribution is -2.27. The Morgan fingerprint density at radius 3 is 2.38 bits per heavy atom. The van der Waals surface area contributed by atoms with Crippen molar-refractivity contribution < 1.29 is 13.2 Å². The first-order valence-corrected chi connectivity index (χ1v) is 10.2. The number of anilines is 2. The van der Waals surface area contributed by atoms with E-state index in [9.17, 15) is 8.42 Å². The minimum atomic E-state index is -3.98. The van der Waals surface area contributed by atoms with Crippen LogP contribution in [0.1, 0.15) is 26.7 Å². The van der Waals surface area contributed by atoms with Gasteiger partial charge in [-0.2, -0.15) is 4.98 Å². The SMILES string of the molecule is CCCN(CCC)c1ncc(S(=O)(=O)c2cc(Cl)ccc2OC)c(N)n1. The molecule has 0 aliphatic heterocycles. The van der Waals surface area contributed by atoms with Gasteiger partial charge >= 0.3 is 0 Å². The van der Waals surface area contributed by atoms with Crippen LogP contribution >= 0.6 is 11.6 Å². The lowest BCUT2D eigenvalue weighted by molar-refractivity contribution is 0.402. The van der Waals surface area contributed by atoms with E-state index in [0.717, 1.165) is 25.9 Å². The topological polar surface area (TPSA) is 98.4 Å². The lowest BCUT2D eigenvalue weighted by atomic mass is 10.3. The predicted molar refractivity (Wildman–Crippen MR) is 103 cm³/mol. The Morgan fingerprint density at radius 2 is 1.85 bits per heavy atom. The molecule has 0 saturated heterocycles. The molecule has 0 radical (unpaired) electrons. The van der Waals surface area contributed by atoms with Gasteiger partial charge in [0.1, 0.15) is 21.4 Å². The zero-order chi connectivity index (χ0) is 19.3. The lowest BCUT2D eigenvalue weighted by Gasteiger charge is -2.21. The molecule has 26 heavy (non-hydrogen) atoms. The van der Waals surface area contributed by atoms with Crippen LogP contribution in [-0.2, 0) is 9.84 Å². The highest BCUT2D eigenvalue weighted by molar-refractivity contribution is 7.91. The number of nitrogens with two attached hydrogens (primary N) is 1. The van der Waals surface area contributed by atoms with E-state index >= 15 is 0 Å². The normalized spacial score (nSPS) is 11.4. The molecule has 142 valence electrons. The zero-order valence-electron chi connectivity index (χ0n) is 15.1. The van der Waals surface area contributed by atoms with Crippen molar-refractivity contribution in [1.82, 2.24) is 9.97 Å². The third-order valence-electron chi connectivity index (χ3n) is 3.74. The number of rotatable bonds is 8. The van der Waals surface area contributed by atoms with Gasteiger partial charge < -0.3 is 15.4 Å². The number of nitrogen functional groups attached to an aromatic ring is 1. The van der Waals surface area contributed by atoms with Crippen LogP contribution in [0.5, 0.6) is 5.75 Å². The van der Waals surface area contributed by atoms with Gasteiger partial charge in [0.05, 0.1) is 13.3 Å². The smallest absolute Gasteiger partial charge is 0.227 e. The second-order valence-corrected chi connectivity index (χ2v) is 8.03. The summed E-state index contributed by atoms with van der Waals surface area (Å²) in [7, 11) is -2.59. The van der Waals surface area contributed by atoms with E-state index < -0.39 is 9.84 Å². The summed E-state index contributed by atoms with van der Waals surface area (Å²) in [6.45, 7) is 5.63. The first-order chi connectivity index (χ1) is 12.3. The van der Waals surface area contributed by atoms with Crippen molar-refractivity contribution in [2.45, 2.75) is 36.5 Å². The van der Waals surface area contributed by atoms with Crippen LogP contribution in [0.15, 0.2) is 34.2 Å². The maximum absolute atomic E-state index is 13.0. The van der Waals surface area contributed by atoms with Crippen molar-refractivity contribution in [2.24, 2.45) is 0 Å². The molecule has 1 aromatic carbocycles. The quantitative estimate of drug-likeness (QED) is 0.728. The average molecular weight is 399 g/mol. The Morgan fingerprint density at radius 1 is 1.19 bits per heavy atom. The van der Waals surface area contributed by atoms with Crippen molar-refractivity contribution in [3.63, 3.8) is 0 Å². The van der Waals surface area contributed by atoms with Crippen molar-refractivity contribution in [2.75, 3.05) is 30.8 Å². The van der Waals surface area contributed by atoms with E-state index in [1.165, 1.54) is 25.4 Å². The second kappa shape index (κ2) is 8.55. The fraction of sp³-hybridized carbons (Fsp3) is 0.412. The molecule has 0 aliphatic rings. The fourth-order valence-electron chi connectivity index (χ4n) is 2.56. The minimum Gasteiger partial charge on any atom is -0.495 e. The number of methoxy groups -OCH3 is 1. The van der Waals surface area contributed by atoms with Crippen molar-refractivity contribution in [1.29, 1.82) is 0 Å². The Labute approximate surface area is 159 Å². The van der Waals surface area contributed by atoms with E-state index in [0.29, 0.717) is 5.95 Å². The van der Waals surface area contributed by atoms with Crippen LogP contribution in [0.4, 0.5) is 11.8 Å². The number of hydrogen-bond acceptors (Lipinski definition) is 7. The van der Waals surface area contributed by atoms with Crippen molar-refractivity contribution in [3.8, 4) is 5.75 Å². The number of ether oxygens (including phenoxy) is 1. The van der Waals surface area contributed by atoms with E-state index in [4.69, 9.17) is 22.1 Å². The molecule has 0 saturated carbocycles. The average Bonchev–Trinajstić information content (AvgIpc) is 2.61. The summed E-state index contributed by atoms with van der Waals surface area (Å²) < 4.78 is 31.2. The van der Waals surface area contributed by atoms with Gasteiger partial charge in [-0.05, 0) is 31.0 Å². The second-order valence-electron chi connectivity index (χ2n) is 5.71. The Hall–Kier alpha value is -2.06. The Balaban J connectivity index is 2.50. The van der Waals surface area contributed by atoms with Gasteiger partial charge in [0.15, 0.2) is 0 Å². The summed E-state index contributed by atoms with van der Waals surface area (Å²) in [5.41, 5.74) is 5.97. The largest absolute Gasteiger partial charge is 0.495 e. The number of aromatic nitrogens is 2. The van der Waals surface area contributed by atoms with E-state index in [2.05, 4.69) is 23.8 Å². The highest BCUT2D eigenvalue weighted by atomic mass is 35.5. The molecule has 1 aromatic heterocycles. The standard InChI is InChI=1S/C17H23ClN4O3S/c1-4-8-22(9-5-2)17-20-11-15(16(19)21-17)26(23,24)14-10-12(18)6-7-13(14)25-3/h6-7,10-11H,4-5,8-9H2,1-3H3,(H2,19,20,21). The number of hydrogen-bond donors (Lipinski definition) is 1. The van der Waals surface area contributed by atoms with Crippen LogP contribution in [0.3, 0.4) is 0 Å². The van der Waals surface area contributed by atoms with E-state index in [1.54, 1.807) is 6.07 Å². The molecular weight excluding hydrogens is 376 g/mol. The van der Waals surface area contributed by atoms with Crippen LogP contribution in [0.2, 0.25) is 5.02 Å². The molecule has 0 fully saturated rings. The number of benzene rings is 1. The van der Waals surface area contributed by atoms with Gasteiger partial charge in [0.2, 0.25) is 15.8 Å². The molecule has 0 spiro atoms. The third kappa shape index (κ3) is 4.19. The van der Waals surface area contributed by atoms with Crippen molar-refractivity contribution >= 4 is 33.2 Å². The third-order valence-corrected chi connectivity index (χ3v) is 5.77. The first kappa shape index (κ1) is 20.3. The highest BCUT2D eigenvalue weighted by Crippen LogP contribution is 2.33. The Bertz CT molecular complexity index is 868. The summed E-state index contributed by atoms with van der Waals surface area (Å²) in [4.78, 5) is 10.2. The number of halogens is 1. The summed E-state index contributed by atoms with van der Waals surface area (Å²) in [5, 5.41) is 0.276. The predicted octanol–water partition coefficient (Wildman–Crippen LogP) is 3.18. The summed E-state index contributed by atoms with van der Waals surface area (Å²) in [5.74, 6) is 0.494. The first-order valence-electron chi connectivity index (χ1n) is 8.31. The van der Waals surface area contributed by atoms with Gasteiger partial charge in [-0.25, -0.2) is 13.4 Å². The molecule has 1 heterocycles. The fourth-order valence-corrected chi connectivity index (χ4v) is 4.25. The molecule has 2 N–H and O–H groups in total. The molecule has 9 heteroatoms. The van der Waals surface area contributed by atoms with Gasteiger partial charge in [0.25, 0.3) is 0 Å². The molecule has 2 aromatic rings. The van der Waals surface area contributed by atoms with Crippen LogP contribution in [-0.4, -0.2) is 38.6 Å². The molecular formula is C17H23ClN4O3S. The molecule has 2 rings (SSSR count). The summed E-state index contributed by atoms with van der Waals surface area (Å²) in [6, 6.07) is 4.37. The molecule has 7 nitrogen and oxygen atoms in total. The molecule has 0 bridgehead atoms. The summed E-state index contributed by atoms with van der Waals surface area (Å²) in [6.07, 6.45) is 3.08. The van der Waals surface area contributed by atoms with Gasteiger partial charge in [-0.1, -0.05) is 25.4 Å². The monoisotopic (exact) mass is 398 g/mol. The van der Waals surface area contributed by atoms with Crippen LogP contribution in [0.25, 0.3) is 0 Å². The van der Waals surface area contributed by atoms with Crippen LogP contribution in [0, 0.1) is 0 Å². The zero-order valence-corrected chi connectivity index (χ0v) is 16.6. The van der Waals surface area contributed by atoms with Gasteiger partial charge in [0, 0.05) is 18.1 Å². The maximum Gasteiger partial charge on any atom is 0.227 e. The summed E-state index contributed by atoms with van der Waals surface area (Å²) >= 11 is 5.95. The highest BCUT2D eigenvalue weighted by Gasteiger charge is 2.27. The molecule has 0 amide bonds. The van der Waals surface area contributed by atoms with E-state index in [1.807, 2.05) is 4.90 Å². The molecule has 0 aliphatic carbocycles. The number of sulfone groups is 1. The van der Waals surface area contributed by atoms with Crippen LogP contribution < -0.4 is 15.4 Å². The van der Waals surface area contributed by atoms with Gasteiger partial charge in [-0.15, -0.1) is 0 Å².